The Labute approximate surface area is 57.7 Å². The standard InChI is InChI=1S/C5H8N2O3/c1-3(8)6-4-2-10-7-5(4)9/h4H,2H2,1H3,(H,6,8)(H,7,9)/t4-/m0/s1. The Morgan fingerprint density at radius 2 is 2.60 bits per heavy atom. The molecule has 1 heterocycles. The van der Waals surface area contributed by atoms with Crippen molar-refractivity contribution >= 4 is 11.8 Å². The van der Waals surface area contributed by atoms with E-state index in [-0.39, 0.29) is 18.4 Å². The zero-order valence-corrected chi connectivity index (χ0v) is 5.51. The van der Waals surface area contributed by atoms with Crippen molar-refractivity contribution in [2.45, 2.75) is 13.0 Å². The van der Waals surface area contributed by atoms with E-state index in [1.54, 1.807) is 0 Å². The smallest absolute Gasteiger partial charge is 0.268 e. The molecule has 0 spiro atoms. The second kappa shape index (κ2) is 2.66. The summed E-state index contributed by atoms with van der Waals surface area (Å²) in [4.78, 5) is 25.6. The van der Waals surface area contributed by atoms with Crippen LogP contribution >= 0.6 is 0 Å². The van der Waals surface area contributed by atoms with Crippen molar-refractivity contribution in [3.05, 3.63) is 0 Å². The summed E-state index contributed by atoms with van der Waals surface area (Å²) in [6.07, 6.45) is 0. The number of amides is 2. The molecule has 0 aromatic heterocycles. The second-order valence-corrected chi connectivity index (χ2v) is 2.03. The molecule has 2 amide bonds. The Bertz CT molecular complexity index is 168. The number of nitrogens with one attached hydrogen (secondary N) is 2. The zero-order valence-electron chi connectivity index (χ0n) is 5.51. The lowest BCUT2D eigenvalue weighted by molar-refractivity contribution is -0.128. The van der Waals surface area contributed by atoms with E-state index in [1.165, 1.54) is 6.92 Å². The third-order valence-corrected chi connectivity index (χ3v) is 1.12. The van der Waals surface area contributed by atoms with Crippen LogP contribution in [0.15, 0.2) is 0 Å². The Kier molecular flexibility index (Phi) is 1.86. The normalized spacial score (nSPS) is 24.1. The van der Waals surface area contributed by atoms with E-state index in [0.717, 1.165) is 0 Å². The first-order chi connectivity index (χ1) is 4.70. The molecule has 0 aromatic rings. The van der Waals surface area contributed by atoms with Gasteiger partial charge in [0.25, 0.3) is 5.91 Å². The number of hydrogen-bond donors (Lipinski definition) is 2. The van der Waals surface area contributed by atoms with E-state index in [4.69, 9.17) is 0 Å². The van der Waals surface area contributed by atoms with Crippen molar-refractivity contribution in [2.24, 2.45) is 0 Å². The average Bonchev–Trinajstić information content (AvgIpc) is 2.15. The molecule has 0 saturated carbocycles. The van der Waals surface area contributed by atoms with Gasteiger partial charge in [0.2, 0.25) is 5.91 Å². The molecule has 1 rings (SSSR count). The van der Waals surface area contributed by atoms with E-state index in [1.807, 2.05) is 0 Å². The van der Waals surface area contributed by atoms with E-state index in [9.17, 15) is 9.59 Å². The third-order valence-electron chi connectivity index (χ3n) is 1.12. The quantitative estimate of drug-likeness (QED) is 0.473. The summed E-state index contributed by atoms with van der Waals surface area (Å²) in [6, 6.07) is -0.516. The summed E-state index contributed by atoms with van der Waals surface area (Å²) < 4.78 is 0. The van der Waals surface area contributed by atoms with Crippen LogP contribution in [0.3, 0.4) is 0 Å². The first-order valence-electron chi connectivity index (χ1n) is 2.89. The topological polar surface area (TPSA) is 67.4 Å². The summed E-state index contributed by atoms with van der Waals surface area (Å²) in [5.74, 6) is -0.527. The highest BCUT2D eigenvalue weighted by Gasteiger charge is 2.25. The Morgan fingerprint density at radius 1 is 1.90 bits per heavy atom. The molecule has 0 aliphatic carbocycles. The van der Waals surface area contributed by atoms with Crippen LogP contribution in [0.4, 0.5) is 0 Å². The van der Waals surface area contributed by atoms with Gasteiger partial charge in [0.1, 0.15) is 12.6 Å². The molecule has 1 saturated heterocycles. The van der Waals surface area contributed by atoms with Crippen LogP contribution in [0.1, 0.15) is 6.92 Å². The molecule has 1 fully saturated rings. The molecule has 5 heteroatoms. The highest BCUT2D eigenvalue weighted by atomic mass is 16.7. The van der Waals surface area contributed by atoms with Gasteiger partial charge in [0, 0.05) is 6.92 Å². The molecule has 1 atom stereocenters. The lowest BCUT2D eigenvalue weighted by atomic mass is 10.3. The van der Waals surface area contributed by atoms with Gasteiger partial charge >= 0.3 is 0 Å². The van der Waals surface area contributed by atoms with Gasteiger partial charge < -0.3 is 5.32 Å². The van der Waals surface area contributed by atoms with Crippen LogP contribution in [0, 0.1) is 0 Å². The molecular weight excluding hydrogens is 136 g/mol. The first kappa shape index (κ1) is 7.01. The molecule has 0 bridgehead atoms. The largest absolute Gasteiger partial charge is 0.342 e. The van der Waals surface area contributed by atoms with Crippen LogP contribution in [-0.2, 0) is 14.4 Å². The van der Waals surface area contributed by atoms with E-state index >= 15 is 0 Å². The third kappa shape index (κ3) is 1.44. The summed E-state index contributed by atoms with van der Waals surface area (Å²) in [7, 11) is 0. The summed E-state index contributed by atoms with van der Waals surface area (Å²) in [5, 5.41) is 2.42. The Morgan fingerprint density at radius 3 is 3.00 bits per heavy atom. The zero-order chi connectivity index (χ0) is 7.56. The maximum atomic E-state index is 10.7. The number of carbonyl (C=O) groups excluding carboxylic acids is 2. The number of rotatable bonds is 1. The molecule has 5 nitrogen and oxygen atoms in total. The monoisotopic (exact) mass is 144 g/mol. The molecule has 0 aromatic carbocycles. The van der Waals surface area contributed by atoms with Crippen molar-refractivity contribution < 1.29 is 14.4 Å². The maximum absolute atomic E-state index is 10.7. The molecule has 10 heavy (non-hydrogen) atoms. The van der Waals surface area contributed by atoms with Gasteiger partial charge in [-0.05, 0) is 0 Å². The molecule has 0 radical (unpaired) electrons. The van der Waals surface area contributed by atoms with Crippen molar-refractivity contribution in [1.82, 2.24) is 10.8 Å². The fourth-order valence-corrected chi connectivity index (χ4v) is 0.696. The fraction of sp³-hybridized carbons (Fsp3) is 0.600. The predicted octanol–water partition coefficient (Wildman–Crippen LogP) is -1.45. The Hall–Kier alpha value is -1.10. The van der Waals surface area contributed by atoms with Crippen LogP contribution in [-0.4, -0.2) is 24.5 Å². The van der Waals surface area contributed by atoms with E-state index in [0.29, 0.717) is 0 Å². The number of hydrogen-bond acceptors (Lipinski definition) is 3. The summed E-state index contributed by atoms with van der Waals surface area (Å²) >= 11 is 0. The maximum Gasteiger partial charge on any atom is 0.268 e. The molecule has 56 valence electrons. The summed E-state index contributed by atoms with van der Waals surface area (Å²) in [6.45, 7) is 1.56. The second-order valence-electron chi connectivity index (χ2n) is 2.03. The van der Waals surface area contributed by atoms with E-state index in [2.05, 4.69) is 15.6 Å². The van der Waals surface area contributed by atoms with Gasteiger partial charge in [0.05, 0.1) is 0 Å². The van der Waals surface area contributed by atoms with Crippen LogP contribution in [0.5, 0.6) is 0 Å². The van der Waals surface area contributed by atoms with Gasteiger partial charge in [-0.2, -0.15) is 0 Å². The van der Waals surface area contributed by atoms with Crippen molar-refractivity contribution in [2.75, 3.05) is 6.61 Å². The predicted molar refractivity (Wildman–Crippen MR) is 31.7 cm³/mol. The van der Waals surface area contributed by atoms with Gasteiger partial charge in [-0.1, -0.05) is 0 Å². The van der Waals surface area contributed by atoms with Crippen molar-refractivity contribution in [3.8, 4) is 0 Å². The number of hydroxylamine groups is 1. The molecule has 1 aliphatic rings. The van der Waals surface area contributed by atoms with E-state index < -0.39 is 6.04 Å². The SMILES string of the molecule is CC(=O)N[C@H]1CONC1=O. The molecule has 0 unspecified atom stereocenters. The van der Waals surface area contributed by atoms with Gasteiger partial charge in [-0.25, -0.2) is 5.48 Å². The lowest BCUT2D eigenvalue weighted by Crippen LogP contribution is -2.40. The molecule has 1 aliphatic heterocycles. The minimum Gasteiger partial charge on any atom is -0.342 e. The highest BCUT2D eigenvalue weighted by molar-refractivity contribution is 5.87. The fourth-order valence-electron chi connectivity index (χ4n) is 0.696. The molecular formula is C5H8N2O3. The van der Waals surface area contributed by atoms with Gasteiger partial charge in [-0.3, -0.25) is 14.4 Å². The average molecular weight is 144 g/mol. The minimum atomic E-state index is -0.516. The highest BCUT2D eigenvalue weighted by Crippen LogP contribution is 1.92. The van der Waals surface area contributed by atoms with Crippen LogP contribution in [0.2, 0.25) is 0 Å². The van der Waals surface area contributed by atoms with Crippen LogP contribution in [0.25, 0.3) is 0 Å². The summed E-state index contributed by atoms with van der Waals surface area (Å²) in [5.41, 5.74) is 2.12. The number of carbonyl (C=O) groups is 2. The minimum absolute atomic E-state index is 0.207. The van der Waals surface area contributed by atoms with Gasteiger partial charge in [0.15, 0.2) is 0 Å². The van der Waals surface area contributed by atoms with Gasteiger partial charge in [-0.15, -0.1) is 0 Å². The van der Waals surface area contributed by atoms with Crippen LogP contribution < -0.4 is 10.8 Å². The molecule has 2 N–H and O–H groups in total. The van der Waals surface area contributed by atoms with Crippen molar-refractivity contribution in [1.29, 1.82) is 0 Å². The first-order valence-corrected chi connectivity index (χ1v) is 2.89. The lowest BCUT2D eigenvalue weighted by Gasteiger charge is -2.03. The Balaban J connectivity index is 2.40. The van der Waals surface area contributed by atoms with Crippen molar-refractivity contribution in [3.63, 3.8) is 0 Å².